The van der Waals surface area contributed by atoms with E-state index >= 15 is 0 Å². The molecular formula is C31H22B4N8O2. The second-order valence-corrected chi connectivity index (χ2v) is 10.1. The molecule has 8 radical (unpaired) electrons. The lowest BCUT2D eigenvalue weighted by Gasteiger charge is -2.23. The predicted octanol–water partition coefficient (Wildman–Crippen LogP) is 0.981. The van der Waals surface area contributed by atoms with Gasteiger partial charge in [0, 0.05) is 43.4 Å². The number of nitrogen functional groups attached to an aromatic ring is 1. The molecule has 0 saturated carbocycles. The van der Waals surface area contributed by atoms with E-state index in [9.17, 15) is 9.59 Å². The molecule has 0 aliphatic carbocycles. The summed E-state index contributed by atoms with van der Waals surface area (Å²) in [6, 6.07) is 9.75. The zero-order valence-corrected chi connectivity index (χ0v) is 24.4. The smallest absolute Gasteiger partial charge is 0.260 e. The van der Waals surface area contributed by atoms with Gasteiger partial charge in [0.15, 0.2) is 11.5 Å². The van der Waals surface area contributed by atoms with Crippen LogP contribution in [0.1, 0.15) is 40.3 Å². The summed E-state index contributed by atoms with van der Waals surface area (Å²) in [4.78, 5) is 32.0. The topological polar surface area (TPSA) is 125 Å². The van der Waals surface area contributed by atoms with Crippen LogP contribution < -0.4 is 16.6 Å². The largest absolute Gasteiger partial charge is 0.381 e. The lowest BCUT2D eigenvalue weighted by molar-refractivity contribution is 0.0940. The van der Waals surface area contributed by atoms with Crippen LogP contribution in [0.5, 0.6) is 0 Å². The molecule has 4 aromatic heterocycles. The maximum atomic E-state index is 14.3. The maximum Gasteiger partial charge on any atom is 0.260 e. The quantitative estimate of drug-likeness (QED) is 0.175. The molecule has 10 nitrogen and oxygen atoms in total. The summed E-state index contributed by atoms with van der Waals surface area (Å²) in [6.07, 6.45) is 10.3. The third-order valence-electron chi connectivity index (χ3n) is 7.06. The van der Waals surface area contributed by atoms with Gasteiger partial charge in [-0.15, -0.1) is 27.9 Å². The average molecular weight is 582 g/mol. The van der Waals surface area contributed by atoms with E-state index in [-0.39, 0.29) is 45.5 Å². The molecule has 0 aliphatic heterocycles. The number of fused-ring (bicyclic) bond motifs is 2. The van der Waals surface area contributed by atoms with Gasteiger partial charge in [-0.05, 0) is 42.5 Å². The Morgan fingerprint density at radius 1 is 1.09 bits per heavy atom. The fraction of sp³-hybridized carbons (Fsp3) is 0.129. The van der Waals surface area contributed by atoms with Crippen molar-refractivity contribution in [2.45, 2.75) is 19.5 Å². The minimum absolute atomic E-state index is 0.00117. The van der Waals surface area contributed by atoms with Gasteiger partial charge >= 0.3 is 0 Å². The molecule has 14 heteroatoms. The first-order valence-electron chi connectivity index (χ1n) is 13.5. The Morgan fingerprint density at radius 3 is 2.58 bits per heavy atom. The second-order valence-electron chi connectivity index (χ2n) is 10.1. The van der Waals surface area contributed by atoms with E-state index in [1.165, 1.54) is 15.3 Å². The Labute approximate surface area is 264 Å². The number of benzene rings is 1. The SMILES string of the molecule is [B]/C(C#C)=C([B])/C([B])=C(/[B])Cn1c([C@H](C)NC(=O)c2c(N)nn3cccnc23)cc2cccc(C#Cc3ccn(C)n3)c2c1=O. The van der Waals surface area contributed by atoms with E-state index in [4.69, 9.17) is 43.5 Å². The van der Waals surface area contributed by atoms with Gasteiger partial charge in [-0.25, -0.2) is 9.50 Å². The molecule has 0 bridgehead atoms. The number of nitrogens with two attached hydrogens (primary N) is 1. The number of terminal acetylenes is 1. The molecule has 0 fully saturated rings. The highest BCUT2D eigenvalue weighted by Gasteiger charge is 2.23. The third kappa shape index (κ3) is 6.09. The van der Waals surface area contributed by atoms with Crippen molar-refractivity contribution < 1.29 is 4.79 Å². The summed E-state index contributed by atoms with van der Waals surface area (Å²) < 4.78 is 4.42. The standard InChI is InChI=1S/C31H22B4N8O2/c1-4-21(32)26(34)27(35)22(33)16-42-23(17(2)38-30(44)25-28(36)40-43-13-6-12-37-29(25)43)15-19-8-5-7-18(24(19)31(42)45)9-10-20-11-14-41(3)39-20/h1,5-8,11-15,17H,16H2,2-3H3,(H2,36,40)(H,38,44)/b26-21-,27-22-/t17-/m0/s1. The Balaban J connectivity index is 1.65. The van der Waals surface area contributed by atoms with Crippen LogP contribution in [0.3, 0.4) is 0 Å². The van der Waals surface area contributed by atoms with E-state index < -0.39 is 17.5 Å². The first-order valence-corrected chi connectivity index (χ1v) is 13.5. The summed E-state index contributed by atoms with van der Waals surface area (Å²) in [6.45, 7) is 1.50. The van der Waals surface area contributed by atoms with Gasteiger partial charge in [-0.1, -0.05) is 29.4 Å². The van der Waals surface area contributed by atoms with E-state index in [1.54, 1.807) is 67.4 Å². The summed E-state index contributed by atoms with van der Waals surface area (Å²) in [5.74, 6) is 7.72. The third-order valence-corrected chi connectivity index (χ3v) is 7.06. The monoisotopic (exact) mass is 582 g/mol. The number of amides is 1. The molecule has 5 rings (SSSR count). The van der Waals surface area contributed by atoms with Crippen LogP contribution in [0.4, 0.5) is 5.82 Å². The highest BCUT2D eigenvalue weighted by Crippen LogP contribution is 2.23. The van der Waals surface area contributed by atoms with Gasteiger partial charge in [0.25, 0.3) is 11.5 Å². The minimum Gasteiger partial charge on any atom is -0.381 e. The van der Waals surface area contributed by atoms with Crippen LogP contribution >= 0.6 is 0 Å². The average Bonchev–Trinajstić information content (AvgIpc) is 3.60. The molecule has 0 unspecified atom stereocenters. The van der Waals surface area contributed by atoms with Gasteiger partial charge < -0.3 is 15.6 Å². The molecule has 3 N–H and O–H groups in total. The first kappa shape index (κ1) is 30.8. The molecule has 5 aromatic rings. The normalized spacial score (nSPS) is 12.9. The Hall–Kier alpha value is -5.61. The number of hydrogen-bond acceptors (Lipinski definition) is 6. The van der Waals surface area contributed by atoms with E-state index in [1.807, 2.05) is 0 Å². The summed E-state index contributed by atoms with van der Waals surface area (Å²) in [5.41, 5.74) is 7.17. The van der Waals surface area contributed by atoms with Crippen LogP contribution in [-0.2, 0) is 13.6 Å². The molecule has 0 aliphatic rings. The van der Waals surface area contributed by atoms with Crippen LogP contribution in [-0.4, -0.2) is 66.2 Å². The molecule has 0 spiro atoms. The molecular weight excluding hydrogens is 560 g/mol. The molecule has 45 heavy (non-hydrogen) atoms. The van der Waals surface area contributed by atoms with E-state index in [0.717, 1.165) is 0 Å². The number of allylic oxidation sites excluding steroid dienone is 4. The van der Waals surface area contributed by atoms with Crippen molar-refractivity contribution >= 4 is 59.5 Å². The van der Waals surface area contributed by atoms with E-state index in [0.29, 0.717) is 27.7 Å². The fourth-order valence-electron chi connectivity index (χ4n) is 4.77. The van der Waals surface area contributed by atoms with Crippen molar-refractivity contribution in [3.8, 4) is 24.2 Å². The highest BCUT2D eigenvalue weighted by atomic mass is 16.2. The van der Waals surface area contributed by atoms with Crippen LogP contribution in [0, 0.1) is 24.2 Å². The summed E-state index contributed by atoms with van der Waals surface area (Å²) in [5, 5.41) is 12.2. The Kier molecular flexibility index (Phi) is 8.60. The summed E-state index contributed by atoms with van der Waals surface area (Å²) >= 11 is 0. The lowest BCUT2D eigenvalue weighted by atomic mass is 9.66. The van der Waals surface area contributed by atoms with Crippen LogP contribution in [0.2, 0.25) is 0 Å². The van der Waals surface area contributed by atoms with Crippen molar-refractivity contribution in [1.82, 2.24) is 34.3 Å². The number of anilines is 1. The second kappa shape index (κ2) is 12.6. The Morgan fingerprint density at radius 2 is 1.87 bits per heavy atom. The number of carbonyl (C=O) groups is 1. The number of pyridine rings is 1. The predicted molar refractivity (Wildman–Crippen MR) is 177 cm³/mol. The number of nitrogens with one attached hydrogen (secondary N) is 1. The van der Waals surface area contributed by atoms with Crippen molar-refractivity contribution in [2.75, 3.05) is 5.73 Å². The lowest BCUT2D eigenvalue weighted by Crippen LogP contribution is -2.33. The zero-order valence-electron chi connectivity index (χ0n) is 24.4. The molecule has 0 saturated heterocycles. The van der Waals surface area contributed by atoms with E-state index in [2.05, 4.69) is 38.3 Å². The number of rotatable bonds is 6. The van der Waals surface area contributed by atoms with Crippen molar-refractivity contribution in [1.29, 1.82) is 0 Å². The van der Waals surface area contributed by atoms with Crippen molar-refractivity contribution in [2.24, 2.45) is 7.05 Å². The number of nitrogens with zero attached hydrogens (tertiary/aromatic N) is 6. The summed E-state index contributed by atoms with van der Waals surface area (Å²) in [7, 11) is 26.1. The van der Waals surface area contributed by atoms with Crippen LogP contribution in [0.25, 0.3) is 16.4 Å². The van der Waals surface area contributed by atoms with Gasteiger partial charge in [-0.3, -0.25) is 14.3 Å². The number of aromatic nitrogens is 6. The van der Waals surface area contributed by atoms with Gasteiger partial charge in [0.05, 0.1) is 11.4 Å². The van der Waals surface area contributed by atoms with Crippen molar-refractivity contribution in [3.05, 3.63) is 110 Å². The Bertz CT molecular complexity index is 2230. The molecule has 4 heterocycles. The molecule has 1 atom stereocenters. The molecule has 1 aromatic carbocycles. The molecule has 1 amide bonds. The van der Waals surface area contributed by atoms with Gasteiger partial charge in [0.2, 0.25) is 0 Å². The van der Waals surface area contributed by atoms with Crippen molar-refractivity contribution in [3.63, 3.8) is 0 Å². The number of aryl methyl sites for hydroxylation is 1. The zero-order chi connectivity index (χ0) is 32.4. The van der Waals surface area contributed by atoms with Crippen LogP contribution in [0.15, 0.2) is 81.7 Å². The highest BCUT2D eigenvalue weighted by molar-refractivity contribution is 6.44. The fourth-order valence-corrected chi connectivity index (χ4v) is 4.77. The van der Waals surface area contributed by atoms with Gasteiger partial charge in [-0.2, -0.15) is 5.10 Å². The number of carbonyl (C=O) groups excluding carboxylic acids is 1. The minimum atomic E-state index is -0.742. The maximum absolute atomic E-state index is 14.3. The molecule has 210 valence electrons. The first-order chi connectivity index (χ1) is 21.5. The number of hydrogen-bond donors (Lipinski definition) is 2. The van der Waals surface area contributed by atoms with Gasteiger partial charge in [0.1, 0.15) is 42.6 Å².